The van der Waals surface area contributed by atoms with E-state index in [2.05, 4.69) is 0 Å². The molecule has 2 nitrogen and oxygen atoms in total. The van der Waals surface area contributed by atoms with Gasteiger partial charge in [0.25, 0.3) is 0 Å². The third kappa shape index (κ3) is 9910. The van der Waals surface area contributed by atoms with Crippen molar-refractivity contribution in [3.63, 3.8) is 0 Å². The fourth-order valence-electron chi connectivity index (χ4n) is 0. The fraction of sp³-hybridized carbons (Fsp3) is 0. The molecule has 10 heavy (non-hydrogen) atoms. The van der Waals surface area contributed by atoms with Crippen molar-refractivity contribution in [2.24, 2.45) is 0 Å². The summed E-state index contributed by atoms with van der Waals surface area (Å²) in [7, 11) is -1.08. The molecule has 0 amide bonds. The van der Waals surface area contributed by atoms with Crippen LogP contribution in [0.25, 0.3) is 0 Å². The molecule has 0 saturated carbocycles. The summed E-state index contributed by atoms with van der Waals surface area (Å²) in [5.74, 6) is 0. The second kappa shape index (κ2) is 425. The summed E-state index contributed by atoms with van der Waals surface area (Å²) in [6.45, 7) is 0. The number of hydrogen-bond acceptors (Lipinski definition) is 2. The molecule has 0 aliphatic carbocycles. The van der Waals surface area contributed by atoms with Crippen LogP contribution in [0.2, 0.25) is 0 Å². The monoisotopic (exact) mass is 191 g/mol. The Kier molecular flexibility index (Phi) is 7560. The molecule has 0 N–H and O–H groups in total. The average Bonchev–Trinajstić information content (AvgIpc) is 0.918. The summed E-state index contributed by atoms with van der Waals surface area (Å²) in [4.78, 5) is 0. The predicted octanol–water partition coefficient (Wildman–Crippen LogP) is -1.34. The standard InChI is InChI=1S/6FH.Li.O2P.H/c;;;;;;;1-3-2;/h6*1H;;;/q;;;;;;2*+1;-1. The Hall–Kier alpha value is 0.207. The van der Waals surface area contributed by atoms with Crippen molar-refractivity contribution in [2.75, 3.05) is 0 Å². The van der Waals surface area contributed by atoms with Gasteiger partial charge < -0.3 is 1.43 Å². The van der Waals surface area contributed by atoms with Gasteiger partial charge in [-0.1, -0.05) is 0 Å². The zero-order chi connectivity index (χ0) is 2.71. The van der Waals surface area contributed by atoms with Crippen molar-refractivity contribution in [2.45, 2.75) is 0 Å². The average molecular weight is 191 g/mol. The van der Waals surface area contributed by atoms with Gasteiger partial charge in [0.1, 0.15) is 0 Å². The first kappa shape index (κ1) is 178. The van der Waals surface area contributed by atoms with E-state index in [4.69, 9.17) is 9.13 Å². The molecule has 0 aromatic rings. The smallest absolute Gasteiger partial charge is 1.00 e. The first-order valence-corrected chi connectivity index (χ1v) is 1.10. The normalized spacial score (nSPS) is 0.800. The van der Waals surface area contributed by atoms with Crippen molar-refractivity contribution >= 4 is 8.34 Å². The summed E-state index contributed by atoms with van der Waals surface area (Å²) in [6.07, 6.45) is 0. The molecule has 0 spiro atoms. The molecule has 0 aromatic heterocycles. The maximum absolute atomic E-state index is 8.35. The molecule has 0 aliphatic heterocycles. The molecule has 0 aromatic carbocycles. The van der Waals surface area contributed by atoms with Crippen LogP contribution in [-0.4, -0.2) is 0 Å². The molecule has 0 fully saturated rings. The molecule has 0 saturated heterocycles. The van der Waals surface area contributed by atoms with Crippen LogP contribution in [0.3, 0.4) is 0 Å². The molecule has 0 heterocycles. The van der Waals surface area contributed by atoms with E-state index in [9.17, 15) is 0 Å². The first-order chi connectivity index (χ1) is 1.41. The summed E-state index contributed by atoms with van der Waals surface area (Å²) >= 11 is 0. The predicted molar refractivity (Wildman–Crippen MR) is 24.4 cm³/mol. The van der Waals surface area contributed by atoms with E-state index < -0.39 is 8.34 Å². The van der Waals surface area contributed by atoms with E-state index in [-0.39, 0.29) is 48.5 Å². The minimum Gasteiger partial charge on any atom is -1.00 e. The number of halogens is 6. The van der Waals surface area contributed by atoms with E-state index in [0.29, 0.717) is 0 Å². The van der Waals surface area contributed by atoms with Crippen LogP contribution in [0, 0.1) is 0 Å². The van der Waals surface area contributed by atoms with Crippen LogP contribution in [-0.2, 0) is 9.13 Å². The van der Waals surface area contributed by atoms with Crippen molar-refractivity contribution < 1.29 is 57.6 Å². The molecular formula is H7F6LiO2P+. The first-order valence-electron chi connectivity index (χ1n) is 0.365. The van der Waals surface area contributed by atoms with Gasteiger partial charge in [-0.25, -0.2) is 0 Å². The Bertz CT molecular complexity index is 41.6. The van der Waals surface area contributed by atoms with Crippen LogP contribution in [0.5, 0.6) is 0 Å². The van der Waals surface area contributed by atoms with E-state index in [1.54, 1.807) is 0 Å². The zero-order valence-corrected chi connectivity index (χ0v) is 5.61. The summed E-state index contributed by atoms with van der Waals surface area (Å²) in [6, 6.07) is 0. The Morgan fingerprint density at radius 2 is 0.700 bits per heavy atom. The molecular weight excluding hydrogens is 184 g/mol. The second-order valence-corrected chi connectivity index (χ2v) is 0.224. The quantitative estimate of drug-likeness (QED) is 0.269. The van der Waals surface area contributed by atoms with Gasteiger partial charge in [0.15, 0.2) is 0 Å². The molecule has 0 unspecified atom stereocenters. The van der Waals surface area contributed by atoms with Crippen molar-refractivity contribution in [1.82, 2.24) is 0 Å². The van der Waals surface area contributed by atoms with Crippen LogP contribution in [0.15, 0.2) is 0 Å². The van der Waals surface area contributed by atoms with Crippen LogP contribution < -0.4 is 18.9 Å². The molecule has 0 atom stereocenters. The summed E-state index contributed by atoms with van der Waals surface area (Å²) in [5, 5.41) is 0. The van der Waals surface area contributed by atoms with Crippen LogP contribution in [0.4, 0.5) is 28.2 Å². The Morgan fingerprint density at radius 1 is 0.700 bits per heavy atom. The molecule has 0 rings (SSSR count). The van der Waals surface area contributed by atoms with Gasteiger partial charge in [0, 0.05) is 0 Å². The van der Waals surface area contributed by atoms with Gasteiger partial charge in [-0.15, -0.1) is 0 Å². The third-order valence-corrected chi connectivity index (χ3v) is 0. The van der Waals surface area contributed by atoms with E-state index in [1.807, 2.05) is 0 Å². The maximum atomic E-state index is 8.35. The van der Waals surface area contributed by atoms with Crippen LogP contribution >= 0.6 is 8.34 Å². The molecule has 66 valence electrons. The minimum absolute atomic E-state index is 0. The van der Waals surface area contributed by atoms with E-state index in [0.717, 1.165) is 0 Å². The maximum Gasteiger partial charge on any atom is 1.00 e. The van der Waals surface area contributed by atoms with Gasteiger partial charge in [-0.05, 0) is 0 Å². The van der Waals surface area contributed by atoms with Gasteiger partial charge in [-0.3, -0.25) is 28.2 Å². The van der Waals surface area contributed by atoms with Gasteiger partial charge >= 0.3 is 36.3 Å². The van der Waals surface area contributed by atoms with Crippen molar-refractivity contribution in [3.8, 4) is 0 Å². The van der Waals surface area contributed by atoms with Gasteiger partial charge in [0.05, 0.1) is 0 Å². The molecule has 10 heteroatoms. The van der Waals surface area contributed by atoms with Crippen molar-refractivity contribution in [1.29, 1.82) is 0 Å². The number of rotatable bonds is 0. The van der Waals surface area contributed by atoms with E-state index >= 15 is 0 Å². The molecule has 0 radical (unpaired) electrons. The largest absolute Gasteiger partial charge is 1.00 e. The van der Waals surface area contributed by atoms with Crippen molar-refractivity contribution in [3.05, 3.63) is 0 Å². The third-order valence-electron chi connectivity index (χ3n) is 0. The second-order valence-electron chi connectivity index (χ2n) is 0.0745. The number of hydrogen-bond donors (Lipinski definition) is 0. The zero-order valence-electron chi connectivity index (χ0n) is 5.71. The molecule has 0 bridgehead atoms. The summed E-state index contributed by atoms with van der Waals surface area (Å²) in [5.41, 5.74) is 0. The molecule has 0 aliphatic rings. The van der Waals surface area contributed by atoms with Gasteiger partial charge in [-0.2, -0.15) is 0 Å². The Labute approximate surface area is 66.9 Å². The topological polar surface area (TPSA) is 34.1 Å². The SMILES string of the molecule is F.F.F.F.F.F.O=[P+]=O.[H-].[Li+]. The fourth-order valence-corrected chi connectivity index (χ4v) is 0. The van der Waals surface area contributed by atoms with E-state index in [1.165, 1.54) is 0 Å². The van der Waals surface area contributed by atoms with Crippen LogP contribution in [0.1, 0.15) is 1.43 Å². The van der Waals surface area contributed by atoms with Gasteiger partial charge in [0.2, 0.25) is 0 Å². The summed E-state index contributed by atoms with van der Waals surface area (Å²) < 4.78 is 16.7. The minimum atomic E-state index is -1.08. The Morgan fingerprint density at radius 3 is 0.700 bits per heavy atom. The Balaban J connectivity index is -0.000000000714.